The van der Waals surface area contributed by atoms with Crippen LogP contribution in [0.3, 0.4) is 0 Å². The third-order valence-electron chi connectivity index (χ3n) is 3.76. The Morgan fingerprint density at radius 3 is 1.33 bits per heavy atom. The van der Waals surface area contributed by atoms with Gasteiger partial charge in [0.1, 0.15) is 0 Å². The Labute approximate surface area is 136 Å². The zero-order valence-electron chi connectivity index (χ0n) is 12.6. The number of rotatable bonds is 3. The largest absolute Gasteiger partial charge is 0.289 e. The van der Waals surface area contributed by atoms with E-state index in [1.165, 1.54) is 21.5 Å². The van der Waals surface area contributed by atoms with E-state index >= 15 is 0 Å². The van der Waals surface area contributed by atoms with E-state index in [-0.39, 0.29) is 11.1 Å². The average molecular weight is 318 g/mol. The fourth-order valence-electron chi connectivity index (χ4n) is 2.61. The Morgan fingerprint density at radius 2 is 0.958 bits per heavy atom. The molecule has 0 amide bonds. The molecule has 4 rings (SSSR count). The molecule has 0 unspecified atom stereocenters. The summed E-state index contributed by atoms with van der Waals surface area (Å²) in [6, 6.07) is 21.5. The standard InChI is InChI=1S/C18H14N4O2/c23-17-11-15(19-21(17)13-7-3-1-4-8-13)16-12-18(24)22(20-16)14-9-5-2-6-10-14/h1-12,19-20H. The third-order valence-corrected chi connectivity index (χ3v) is 3.76. The Morgan fingerprint density at radius 1 is 0.583 bits per heavy atom. The van der Waals surface area contributed by atoms with Crippen LogP contribution in [0.1, 0.15) is 0 Å². The van der Waals surface area contributed by atoms with Crippen molar-refractivity contribution in [1.29, 1.82) is 0 Å². The van der Waals surface area contributed by atoms with Crippen molar-refractivity contribution in [2.24, 2.45) is 0 Å². The van der Waals surface area contributed by atoms with E-state index in [0.29, 0.717) is 11.4 Å². The topological polar surface area (TPSA) is 75.6 Å². The second kappa shape index (κ2) is 5.58. The number of nitrogens with one attached hydrogen (secondary N) is 2. The van der Waals surface area contributed by atoms with Gasteiger partial charge in [0.25, 0.3) is 11.1 Å². The van der Waals surface area contributed by atoms with Crippen LogP contribution in [0.5, 0.6) is 0 Å². The number of para-hydroxylation sites is 2. The summed E-state index contributed by atoms with van der Waals surface area (Å²) in [5.41, 5.74) is 2.19. The molecule has 2 heterocycles. The van der Waals surface area contributed by atoms with Gasteiger partial charge in [-0.1, -0.05) is 36.4 Å². The van der Waals surface area contributed by atoms with Crippen molar-refractivity contribution < 1.29 is 0 Å². The van der Waals surface area contributed by atoms with Gasteiger partial charge in [-0.05, 0) is 24.3 Å². The number of H-pyrrole nitrogens is 2. The molecule has 2 aromatic heterocycles. The summed E-state index contributed by atoms with van der Waals surface area (Å²) >= 11 is 0. The number of aromatic nitrogens is 4. The van der Waals surface area contributed by atoms with Gasteiger partial charge in [0.2, 0.25) is 0 Å². The van der Waals surface area contributed by atoms with Crippen LogP contribution < -0.4 is 11.1 Å². The molecule has 6 heteroatoms. The van der Waals surface area contributed by atoms with Crippen molar-refractivity contribution in [1.82, 2.24) is 19.6 Å². The van der Waals surface area contributed by atoms with E-state index in [0.717, 1.165) is 11.4 Å². The third kappa shape index (κ3) is 2.40. The molecule has 0 aliphatic carbocycles. The lowest BCUT2D eigenvalue weighted by molar-refractivity contribution is 0.836. The predicted octanol–water partition coefficient (Wildman–Crippen LogP) is 2.31. The molecule has 0 saturated heterocycles. The van der Waals surface area contributed by atoms with Crippen LogP contribution in [-0.2, 0) is 0 Å². The van der Waals surface area contributed by atoms with Crippen LogP contribution in [0.2, 0.25) is 0 Å². The van der Waals surface area contributed by atoms with Gasteiger partial charge >= 0.3 is 0 Å². The molecular formula is C18H14N4O2. The van der Waals surface area contributed by atoms with E-state index in [4.69, 9.17) is 0 Å². The van der Waals surface area contributed by atoms with Crippen molar-refractivity contribution in [2.75, 3.05) is 0 Å². The van der Waals surface area contributed by atoms with E-state index in [9.17, 15) is 9.59 Å². The maximum atomic E-state index is 12.2. The number of nitrogens with zero attached hydrogens (tertiary/aromatic N) is 2. The Balaban J connectivity index is 1.79. The predicted molar refractivity (Wildman–Crippen MR) is 91.8 cm³/mol. The highest BCUT2D eigenvalue weighted by molar-refractivity contribution is 5.54. The minimum Gasteiger partial charge on any atom is -0.289 e. The molecular weight excluding hydrogens is 304 g/mol. The van der Waals surface area contributed by atoms with Gasteiger partial charge in [-0.3, -0.25) is 19.8 Å². The van der Waals surface area contributed by atoms with Gasteiger partial charge in [0.05, 0.1) is 22.8 Å². The van der Waals surface area contributed by atoms with E-state index < -0.39 is 0 Å². The normalized spacial score (nSPS) is 10.8. The van der Waals surface area contributed by atoms with Crippen LogP contribution in [-0.4, -0.2) is 19.6 Å². The van der Waals surface area contributed by atoms with Crippen molar-refractivity contribution in [3.63, 3.8) is 0 Å². The van der Waals surface area contributed by atoms with Crippen LogP contribution in [0.15, 0.2) is 82.4 Å². The first kappa shape index (κ1) is 14.1. The number of hydrogen-bond donors (Lipinski definition) is 2. The summed E-state index contributed by atoms with van der Waals surface area (Å²) in [4.78, 5) is 24.4. The Bertz CT molecular complexity index is 996. The van der Waals surface area contributed by atoms with Crippen LogP contribution in [0.4, 0.5) is 0 Å². The fourth-order valence-corrected chi connectivity index (χ4v) is 2.61. The van der Waals surface area contributed by atoms with Gasteiger partial charge in [0.15, 0.2) is 0 Å². The molecule has 118 valence electrons. The number of hydrogen-bond acceptors (Lipinski definition) is 2. The highest BCUT2D eigenvalue weighted by Gasteiger charge is 2.11. The highest BCUT2D eigenvalue weighted by atomic mass is 16.1. The molecule has 0 aliphatic rings. The highest BCUT2D eigenvalue weighted by Crippen LogP contribution is 2.14. The zero-order valence-corrected chi connectivity index (χ0v) is 12.6. The van der Waals surface area contributed by atoms with Crippen molar-refractivity contribution in [3.8, 4) is 22.8 Å². The minimum atomic E-state index is -0.190. The molecule has 4 aromatic rings. The molecule has 24 heavy (non-hydrogen) atoms. The molecule has 0 aliphatic heterocycles. The van der Waals surface area contributed by atoms with Gasteiger partial charge in [0, 0.05) is 12.1 Å². The lowest BCUT2D eigenvalue weighted by Crippen LogP contribution is -2.13. The first-order valence-corrected chi connectivity index (χ1v) is 7.48. The summed E-state index contributed by atoms with van der Waals surface area (Å²) in [7, 11) is 0. The molecule has 0 saturated carbocycles. The lowest BCUT2D eigenvalue weighted by Gasteiger charge is -2.02. The molecule has 0 fully saturated rings. The molecule has 2 N–H and O–H groups in total. The molecule has 0 atom stereocenters. The summed E-state index contributed by atoms with van der Waals surface area (Å²) in [6.45, 7) is 0. The fraction of sp³-hybridized carbons (Fsp3) is 0. The summed E-state index contributed by atoms with van der Waals surface area (Å²) < 4.78 is 2.88. The first-order valence-electron chi connectivity index (χ1n) is 7.48. The summed E-state index contributed by atoms with van der Waals surface area (Å²) in [5.74, 6) is 0. The van der Waals surface area contributed by atoms with Gasteiger partial charge < -0.3 is 0 Å². The van der Waals surface area contributed by atoms with Crippen molar-refractivity contribution in [2.45, 2.75) is 0 Å². The molecule has 6 nitrogen and oxygen atoms in total. The quantitative estimate of drug-likeness (QED) is 0.608. The van der Waals surface area contributed by atoms with Gasteiger partial charge in [-0.25, -0.2) is 9.36 Å². The van der Waals surface area contributed by atoms with E-state index in [1.54, 1.807) is 0 Å². The maximum absolute atomic E-state index is 12.2. The second-order valence-electron chi connectivity index (χ2n) is 5.36. The minimum absolute atomic E-state index is 0.190. The molecule has 0 bridgehead atoms. The van der Waals surface area contributed by atoms with Gasteiger partial charge in [-0.15, -0.1) is 0 Å². The number of benzene rings is 2. The number of aromatic amines is 2. The van der Waals surface area contributed by atoms with Crippen molar-refractivity contribution >= 4 is 0 Å². The van der Waals surface area contributed by atoms with Crippen LogP contribution >= 0.6 is 0 Å². The summed E-state index contributed by atoms with van der Waals surface area (Å²) in [6.07, 6.45) is 0. The first-order chi connectivity index (χ1) is 11.7. The Kier molecular flexibility index (Phi) is 3.28. The SMILES string of the molecule is O=c1cc(-c2cc(=O)n(-c3ccccc3)[nH]2)[nH]n1-c1ccccc1. The van der Waals surface area contributed by atoms with E-state index in [1.807, 2.05) is 60.7 Å². The Hall–Kier alpha value is -3.54. The smallest absolute Gasteiger partial charge is 0.271 e. The van der Waals surface area contributed by atoms with Crippen molar-refractivity contribution in [3.05, 3.63) is 93.5 Å². The average Bonchev–Trinajstić information content (AvgIpc) is 3.19. The van der Waals surface area contributed by atoms with Gasteiger partial charge in [-0.2, -0.15) is 0 Å². The summed E-state index contributed by atoms with van der Waals surface area (Å²) in [5, 5.41) is 6.05. The zero-order chi connectivity index (χ0) is 16.5. The van der Waals surface area contributed by atoms with E-state index in [2.05, 4.69) is 10.2 Å². The molecule has 2 aromatic carbocycles. The monoisotopic (exact) mass is 318 g/mol. The second-order valence-corrected chi connectivity index (χ2v) is 5.36. The molecule has 0 radical (unpaired) electrons. The maximum Gasteiger partial charge on any atom is 0.271 e. The van der Waals surface area contributed by atoms with Crippen LogP contribution in [0.25, 0.3) is 22.8 Å². The lowest BCUT2D eigenvalue weighted by atomic mass is 10.3. The van der Waals surface area contributed by atoms with Crippen LogP contribution in [0, 0.1) is 0 Å². The molecule has 0 spiro atoms.